The first-order valence-electron chi connectivity index (χ1n) is 8.40. The summed E-state index contributed by atoms with van der Waals surface area (Å²) in [6.07, 6.45) is 2.31. The number of carbonyl (C=O) groups is 1. The molecule has 0 bridgehead atoms. The maximum absolute atomic E-state index is 11.1. The Labute approximate surface area is 150 Å². The van der Waals surface area contributed by atoms with Crippen molar-refractivity contribution < 1.29 is 24.6 Å². The lowest BCUT2D eigenvalue weighted by Crippen LogP contribution is -2.19. The van der Waals surface area contributed by atoms with Gasteiger partial charge >= 0.3 is 5.97 Å². The van der Waals surface area contributed by atoms with Gasteiger partial charge in [0.25, 0.3) is 0 Å². The van der Waals surface area contributed by atoms with E-state index >= 15 is 0 Å². The van der Waals surface area contributed by atoms with Crippen molar-refractivity contribution in [1.82, 2.24) is 4.98 Å². The molecule has 1 heterocycles. The summed E-state index contributed by atoms with van der Waals surface area (Å²) in [5.74, 6) is -0.685. The maximum atomic E-state index is 11.1. The summed E-state index contributed by atoms with van der Waals surface area (Å²) in [5.41, 5.74) is 2.46. The Morgan fingerprint density at radius 1 is 1.12 bits per heavy atom. The van der Waals surface area contributed by atoms with Crippen molar-refractivity contribution in [2.24, 2.45) is 0 Å². The van der Waals surface area contributed by atoms with Crippen molar-refractivity contribution in [3.05, 3.63) is 48.0 Å². The van der Waals surface area contributed by atoms with Gasteiger partial charge in [-0.25, -0.2) is 9.78 Å². The third kappa shape index (κ3) is 4.01. The largest absolute Gasteiger partial charge is 0.478 e. The van der Waals surface area contributed by atoms with Gasteiger partial charge in [0.2, 0.25) is 5.89 Å². The normalized spacial score (nSPS) is 11.0. The third-order valence-electron chi connectivity index (χ3n) is 4.05. The van der Waals surface area contributed by atoms with Crippen LogP contribution in [0.4, 0.5) is 5.69 Å². The molecule has 0 aliphatic carbocycles. The third-order valence-corrected chi connectivity index (χ3v) is 4.05. The number of hydrogen-bond donors (Lipinski definition) is 3. The molecule has 7 nitrogen and oxygen atoms in total. The zero-order chi connectivity index (χ0) is 18.5. The molecule has 0 saturated heterocycles. The number of aliphatic hydroxyl groups excluding tert-OH is 1. The number of carboxylic acids is 1. The van der Waals surface area contributed by atoms with Crippen LogP contribution in [0.15, 0.2) is 46.9 Å². The van der Waals surface area contributed by atoms with Gasteiger partial charge in [-0.1, -0.05) is 6.07 Å². The number of carboxylic acid groups (broad SMARTS) is 1. The summed E-state index contributed by atoms with van der Waals surface area (Å²) in [6.45, 7) is 0.606. The summed E-state index contributed by atoms with van der Waals surface area (Å²) < 4.78 is 5.75. The first kappa shape index (κ1) is 17.9. The van der Waals surface area contributed by atoms with Gasteiger partial charge in [0.05, 0.1) is 11.3 Å². The number of nitrogens with zero attached hydrogens (tertiary/aromatic N) is 2. The number of oxazole rings is 1. The lowest BCUT2D eigenvalue weighted by molar-refractivity contribution is 0.0697. The van der Waals surface area contributed by atoms with Crippen LogP contribution in [0.2, 0.25) is 0 Å². The van der Waals surface area contributed by atoms with Crippen LogP contribution in [-0.2, 0) is 0 Å². The molecule has 0 aliphatic rings. The summed E-state index contributed by atoms with van der Waals surface area (Å²) >= 11 is 0. The van der Waals surface area contributed by atoms with E-state index in [4.69, 9.17) is 14.6 Å². The van der Waals surface area contributed by atoms with Crippen molar-refractivity contribution in [2.75, 3.05) is 18.2 Å². The molecular formula is C19H20N2O5. The van der Waals surface area contributed by atoms with E-state index in [0.29, 0.717) is 41.2 Å². The summed E-state index contributed by atoms with van der Waals surface area (Å²) in [4.78, 5) is 15.5. The van der Waals surface area contributed by atoms with Crippen molar-refractivity contribution >= 4 is 22.8 Å². The van der Waals surface area contributed by atoms with Gasteiger partial charge in [0.1, 0.15) is 5.52 Å². The number of unbranched alkanes of at least 4 members (excludes halogenated alkanes) is 2. The monoisotopic (exact) mass is 356 g/mol. The number of aromatic nitrogens is 1. The number of fused-ring (bicyclic) bond motifs is 1. The zero-order valence-electron chi connectivity index (χ0n) is 14.1. The fourth-order valence-corrected chi connectivity index (χ4v) is 2.66. The predicted octanol–water partition coefficient (Wildman–Crippen LogP) is 3.55. The average Bonchev–Trinajstić information content (AvgIpc) is 3.08. The quantitative estimate of drug-likeness (QED) is 0.418. The van der Waals surface area contributed by atoms with Gasteiger partial charge in [0.15, 0.2) is 5.58 Å². The van der Waals surface area contributed by atoms with Crippen molar-refractivity contribution in [3.63, 3.8) is 0 Å². The molecular weight excluding hydrogens is 336 g/mol. The molecule has 0 unspecified atom stereocenters. The molecule has 0 amide bonds. The summed E-state index contributed by atoms with van der Waals surface area (Å²) in [6, 6.07) is 11.6. The van der Waals surface area contributed by atoms with Crippen LogP contribution >= 0.6 is 0 Å². The van der Waals surface area contributed by atoms with E-state index in [1.807, 2.05) is 0 Å². The average molecular weight is 356 g/mol. The SMILES string of the molecule is O=C(O)c1cccc(-c2nc3ccc(N(O)CCCCCO)cc3o2)c1. The fraction of sp³-hybridized carbons (Fsp3) is 0.263. The highest BCUT2D eigenvalue weighted by molar-refractivity contribution is 5.89. The van der Waals surface area contributed by atoms with Crippen LogP contribution in [0.1, 0.15) is 29.6 Å². The molecule has 3 rings (SSSR count). The van der Waals surface area contributed by atoms with Crippen molar-refractivity contribution in [3.8, 4) is 11.5 Å². The molecule has 26 heavy (non-hydrogen) atoms. The second kappa shape index (κ2) is 7.99. The molecule has 0 saturated carbocycles. The molecule has 3 aromatic rings. The number of rotatable bonds is 8. The highest BCUT2D eigenvalue weighted by Gasteiger charge is 2.12. The van der Waals surface area contributed by atoms with Gasteiger partial charge in [0, 0.05) is 24.8 Å². The van der Waals surface area contributed by atoms with Crippen LogP contribution in [0.25, 0.3) is 22.6 Å². The molecule has 2 aromatic carbocycles. The van der Waals surface area contributed by atoms with E-state index < -0.39 is 5.97 Å². The molecule has 3 N–H and O–H groups in total. The molecule has 0 radical (unpaired) electrons. The van der Waals surface area contributed by atoms with Gasteiger partial charge in [-0.05, 0) is 49.6 Å². The second-order valence-electron chi connectivity index (χ2n) is 5.96. The second-order valence-corrected chi connectivity index (χ2v) is 5.96. The van der Waals surface area contributed by atoms with E-state index in [0.717, 1.165) is 17.9 Å². The Hall–Kier alpha value is -2.90. The Morgan fingerprint density at radius 2 is 1.96 bits per heavy atom. The standard InChI is InChI=1S/C19H20N2O5/c22-10-3-1-2-9-21(25)15-7-8-16-17(12-15)26-18(20-16)13-5-4-6-14(11-13)19(23)24/h4-8,11-12,22,25H,1-3,9-10H2,(H,23,24). The van der Waals surface area contributed by atoms with Crippen LogP contribution in [-0.4, -0.2) is 39.5 Å². The minimum Gasteiger partial charge on any atom is -0.478 e. The Kier molecular flexibility index (Phi) is 5.50. The van der Waals surface area contributed by atoms with Crippen LogP contribution < -0.4 is 5.06 Å². The Balaban J connectivity index is 1.81. The molecule has 0 spiro atoms. The lowest BCUT2D eigenvalue weighted by Gasteiger charge is -2.16. The number of hydrogen-bond acceptors (Lipinski definition) is 6. The first-order valence-corrected chi connectivity index (χ1v) is 8.40. The molecule has 0 aliphatic heterocycles. The van der Waals surface area contributed by atoms with Crippen molar-refractivity contribution in [1.29, 1.82) is 0 Å². The van der Waals surface area contributed by atoms with E-state index in [1.54, 1.807) is 30.3 Å². The number of anilines is 1. The van der Waals surface area contributed by atoms with E-state index in [2.05, 4.69) is 4.98 Å². The van der Waals surface area contributed by atoms with Crippen LogP contribution in [0, 0.1) is 0 Å². The van der Waals surface area contributed by atoms with E-state index in [-0.39, 0.29) is 12.2 Å². The highest BCUT2D eigenvalue weighted by atomic mass is 16.5. The number of benzene rings is 2. The fourth-order valence-electron chi connectivity index (χ4n) is 2.66. The molecule has 136 valence electrons. The van der Waals surface area contributed by atoms with Crippen LogP contribution in [0.3, 0.4) is 0 Å². The van der Waals surface area contributed by atoms with E-state index in [9.17, 15) is 10.0 Å². The Morgan fingerprint density at radius 3 is 2.73 bits per heavy atom. The number of aromatic carboxylic acids is 1. The predicted molar refractivity (Wildman–Crippen MR) is 96.5 cm³/mol. The highest BCUT2D eigenvalue weighted by Crippen LogP contribution is 2.28. The minimum absolute atomic E-state index is 0.154. The Bertz CT molecular complexity index is 906. The summed E-state index contributed by atoms with van der Waals surface area (Å²) in [5, 5.41) is 29.2. The van der Waals surface area contributed by atoms with Gasteiger partial charge in [-0.15, -0.1) is 0 Å². The molecule has 0 atom stereocenters. The van der Waals surface area contributed by atoms with Gasteiger partial charge < -0.3 is 14.6 Å². The number of aliphatic hydroxyl groups is 1. The topological polar surface area (TPSA) is 107 Å². The zero-order valence-corrected chi connectivity index (χ0v) is 14.1. The first-order chi connectivity index (χ1) is 12.6. The van der Waals surface area contributed by atoms with Gasteiger partial charge in [-0.2, -0.15) is 0 Å². The van der Waals surface area contributed by atoms with Gasteiger partial charge in [-0.3, -0.25) is 10.3 Å². The maximum Gasteiger partial charge on any atom is 0.335 e. The summed E-state index contributed by atoms with van der Waals surface area (Å²) in [7, 11) is 0. The lowest BCUT2D eigenvalue weighted by atomic mass is 10.1. The number of hydroxylamine groups is 1. The van der Waals surface area contributed by atoms with Crippen LogP contribution in [0.5, 0.6) is 0 Å². The van der Waals surface area contributed by atoms with Crippen molar-refractivity contribution in [2.45, 2.75) is 19.3 Å². The molecule has 1 aromatic heterocycles. The smallest absolute Gasteiger partial charge is 0.335 e. The molecule has 7 heteroatoms. The van der Waals surface area contributed by atoms with E-state index in [1.165, 1.54) is 12.1 Å². The molecule has 0 fully saturated rings. The minimum atomic E-state index is -1.01.